The summed E-state index contributed by atoms with van der Waals surface area (Å²) in [5.74, 6) is -0.292. The molecular weight excluding hydrogens is 560 g/mol. The molecule has 5 rings (SSSR count). The van der Waals surface area contributed by atoms with Gasteiger partial charge >= 0.3 is 12.4 Å². The zero-order chi connectivity index (χ0) is 28.1. The van der Waals surface area contributed by atoms with Gasteiger partial charge in [-0.05, 0) is 59.5 Å². The molecule has 11 heteroatoms. The number of fused-ring (bicyclic) bond motifs is 3. The van der Waals surface area contributed by atoms with Gasteiger partial charge in [-0.3, -0.25) is 9.00 Å². The number of benzene rings is 3. The van der Waals surface area contributed by atoms with Crippen molar-refractivity contribution in [2.24, 2.45) is 0 Å². The molecule has 0 saturated heterocycles. The molecule has 0 bridgehead atoms. The summed E-state index contributed by atoms with van der Waals surface area (Å²) >= 11 is 1.17. The van der Waals surface area contributed by atoms with Crippen molar-refractivity contribution in [1.82, 2.24) is 5.32 Å². The molecule has 1 aliphatic heterocycles. The van der Waals surface area contributed by atoms with E-state index >= 15 is 0 Å². The molecule has 0 spiro atoms. The molecule has 2 heterocycles. The number of hydrogen-bond donors (Lipinski definition) is 1. The first kappa shape index (κ1) is 27.1. The molecule has 202 valence electrons. The van der Waals surface area contributed by atoms with Crippen molar-refractivity contribution in [2.45, 2.75) is 36.5 Å². The van der Waals surface area contributed by atoms with E-state index in [1.807, 2.05) is 31.2 Å². The lowest BCUT2D eigenvalue weighted by Crippen LogP contribution is -2.21. The van der Waals surface area contributed by atoms with Gasteiger partial charge in [0.05, 0.1) is 32.6 Å². The van der Waals surface area contributed by atoms with Crippen molar-refractivity contribution in [3.8, 4) is 21.6 Å². The summed E-state index contributed by atoms with van der Waals surface area (Å²) in [6.45, 7) is 2.27. The van der Waals surface area contributed by atoms with Gasteiger partial charge in [0, 0.05) is 21.9 Å². The number of carbonyl (C=O) groups excluding carboxylic acids is 1. The predicted molar refractivity (Wildman–Crippen MR) is 138 cm³/mol. The highest BCUT2D eigenvalue weighted by Gasteiger charge is 2.37. The first-order valence-electron chi connectivity index (χ1n) is 11.6. The Morgan fingerprint density at radius 1 is 0.897 bits per heavy atom. The Morgan fingerprint density at radius 3 is 2.28 bits per heavy atom. The number of thiophene rings is 1. The molecule has 0 fully saturated rings. The molecule has 1 unspecified atom stereocenters. The third-order valence-electron chi connectivity index (χ3n) is 6.33. The van der Waals surface area contributed by atoms with E-state index in [0.29, 0.717) is 45.6 Å². The minimum atomic E-state index is -4.89. The van der Waals surface area contributed by atoms with Crippen molar-refractivity contribution in [3.05, 3.63) is 99.4 Å². The summed E-state index contributed by atoms with van der Waals surface area (Å²) in [6.07, 6.45) is -9.73. The van der Waals surface area contributed by atoms with Gasteiger partial charge in [0.25, 0.3) is 5.91 Å². The van der Waals surface area contributed by atoms with Crippen LogP contribution in [0, 0.1) is 6.92 Å². The first-order chi connectivity index (χ1) is 18.3. The van der Waals surface area contributed by atoms with Gasteiger partial charge in [0.15, 0.2) is 0 Å². The predicted octanol–water partition coefficient (Wildman–Crippen LogP) is 7.98. The average Bonchev–Trinajstić information content (AvgIpc) is 3.31. The average molecular weight is 580 g/mol. The third-order valence-corrected chi connectivity index (χ3v) is 8.94. The quantitative estimate of drug-likeness (QED) is 0.249. The summed E-state index contributed by atoms with van der Waals surface area (Å²) in [7, 11) is -1.67. The Bertz CT molecular complexity index is 1600. The maximum atomic E-state index is 13.7. The molecular formula is C28H19F6NO2S2. The van der Waals surface area contributed by atoms with Gasteiger partial charge in [0.1, 0.15) is 0 Å². The lowest BCUT2D eigenvalue weighted by atomic mass is 9.95. The van der Waals surface area contributed by atoms with Gasteiger partial charge in [-0.25, -0.2) is 0 Å². The Hall–Kier alpha value is -3.44. The van der Waals surface area contributed by atoms with Gasteiger partial charge in [-0.15, -0.1) is 11.3 Å². The fourth-order valence-electron chi connectivity index (χ4n) is 4.34. The molecule has 0 aliphatic carbocycles. The Kier molecular flexibility index (Phi) is 6.92. The molecule has 1 atom stereocenters. The van der Waals surface area contributed by atoms with Crippen LogP contribution >= 0.6 is 11.3 Å². The maximum absolute atomic E-state index is 13.7. The van der Waals surface area contributed by atoms with Crippen LogP contribution in [-0.4, -0.2) is 10.1 Å². The lowest BCUT2D eigenvalue weighted by molar-refractivity contribution is -0.141. The molecule has 1 aliphatic rings. The van der Waals surface area contributed by atoms with Crippen LogP contribution in [0.1, 0.15) is 37.5 Å². The minimum Gasteiger partial charge on any atom is -0.347 e. The van der Waals surface area contributed by atoms with Crippen molar-refractivity contribution in [2.75, 3.05) is 0 Å². The zero-order valence-electron chi connectivity index (χ0n) is 20.2. The number of carbonyl (C=O) groups is 1. The van der Waals surface area contributed by atoms with Crippen molar-refractivity contribution < 1.29 is 35.3 Å². The second-order valence-corrected chi connectivity index (χ2v) is 11.6. The van der Waals surface area contributed by atoms with Crippen LogP contribution in [0.5, 0.6) is 0 Å². The standard InChI is InChI=1S/C28H19F6NO2S2/c1-15-2-4-16(5-3-15)13-35-26(36)23-10-18-14-39(37)24-11-17(6-8-20(24)25(18)38-23)21-12-19(27(29,30)31)7-9-22(21)28(32,33)34/h2-12H,13-14H2,1H3,(H,35,36). The highest BCUT2D eigenvalue weighted by molar-refractivity contribution is 7.84. The van der Waals surface area contributed by atoms with Gasteiger partial charge < -0.3 is 5.32 Å². The molecule has 4 aromatic rings. The number of alkyl halides is 6. The van der Waals surface area contributed by atoms with Crippen LogP contribution in [0.3, 0.4) is 0 Å². The zero-order valence-corrected chi connectivity index (χ0v) is 21.8. The van der Waals surface area contributed by atoms with E-state index in [1.54, 1.807) is 6.07 Å². The molecule has 3 nitrogen and oxygen atoms in total. The van der Waals surface area contributed by atoms with Gasteiger partial charge in [-0.1, -0.05) is 42.0 Å². The fraction of sp³-hybridized carbons (Fsp3) is 0.179. The number of hydrogen-bond acceptors (Lipinski definition) is 3. The highest BCUT2D eigenvalue weighted by Crippen LogP contribution is 2.45. The molecule has 3 aromatic carbocycles. The molecule has 0 radical (unpaired) electrons. The van der Waals surface area contributed by atoms with Crippen LogP contribution < -0.4 is 5.32 Å². The van der Waals surface area contributed by atoms with E-state index in [9.17, 15) is 35.3 Å². The van der Waals surface area contributed by atoms with E-state index in [4.69, 9.17) is 0 Å². The number of halogens is 6. The lowest BCUT2D eigenvalue weighted by Gasteiger charge is -2.19. The van der Waals surface area contributed by atoms with E-state index in [2.05, 4.69) is 5.32 Å². The maximum Gasteiger partial charge on any atom is 0.417 e. The van der Waals surface area contributed by atoms with Crippen molar-refractivity contribution in [1.29, 1.82) is 0 Å². The summed E-state index contributed by atoms with van der Waals surface area (Å²) in [5, 5.41) is 2.84. The monoisotopic (exact) mass is 579 g/mol. The minimum absolute atomic E-state index is 0.0300. The van der Waals surface area contributed by atoms with Crippen LogP contribution in [0.2, 0.25) is 0 Å². The number of aryl methyl sites for hydroxylation is 1. The van der Waals surface area contributed by atoms with Crippen molar-refractivity contribution >= 4 is 28.0 Å². The van der Waals surface area contributed by atoms with Crippen LogP contribution in [-0.2, 0) is 35.4 Å². The fourth-order valence-corrected chi connectivity index (χ4v) is 6.97. The molecule has 1 N–H and O–H groups in total. The third kappa shape index (κ3) is 5.51. The Labute approximate surface area is 226 Å². The van der Waals surface area contributed by atoms with Crippen LogP contribution in [0.4, 0.5) is 26.3 Å². The number of rotatable bonds is 4. The van der Waals surface area contributed by atoms with E-state index in [1.165, 1.54) is 29.5 Å². The van der Waals surface area contributed by atoms with Crippen molar-refractivity contribution in [3.63, 3.8) is 0 Å². The van der Waals surface area contributed by atoms with E-state index < -0.39 is 39.8 Å². The summed E-state index contributed by atoms with van der Waals surface area (Å²) in [6, 6.07) is 14.6. The normalized spacial score (nSPS) is 15.0. The molecule has 1 aromatic heterocycles. The second kappa shape index (κ2) is 9.95. The molecule has 0 saturated carbocycles. The largest absolute Gasteiger partial charge is 0.417 e. The van der Waals surface area contributed by atoms with Gasteiger partial charge in [0.2, 0.25) is 0 Å². The van der Waals surface area contributed by atoms with Crippen LogP contribution in [0.25, 0.3) is 21.6 Å². The Balaban J connectivity index is 1.49. The summed E-state index contributed by atoms with van der Waals surface area (Å²) < 4.78 is 93.9. The smallest absolute Gasteiger partial charge is 0.347 e. The molecule has 1 amide bonds. The van der Waals surface area contributed by atoms with E-state index in [0.717, 1.165) is 11.1 Å². The van der Waals surface area contributed by atoms with Gasteiger partial charge in [-0.2, -0.15) is 26.3 Å². The van der Waals surface area contributed by atoms with Crippen LogP contribution in [0.15, 0.2) is 71.6 Å². The summed E-state index contributed by atoms with van der Waals surface area (Å²) in [5.41, 5.74) is -0.0689. The second-order valence-electron chi connectivity index (χ2n) is 9.09. The SMILES string of the molecule is Cc1ccc(CNC(=O)c2cc3c(s2)-c2ccc(-c4cc(C(F)(F)F)ccc4C(F)(F)F)cc2S(=O)C3)cc1. The highest BCUT2D eigenvalue weighted by atomic mass is 32.2. The number of amides is 1. The Morgan fingerprint density at radius 2 is 1.62 bits per heavy atom. The first-order valence-corrected chi connectivity index (χ1v) is 13.7. The molecule has 39 heavy (non-hydrogen) atoms. The summed E-state index contributed by atoms with van der Waals surface area (Å²) in [4.78, 5) is 14.0. The topological polar surface area (TPSA) is 46.2 Å². The van der Waals surface area contributed by atoms with E-state index in [-0.39, 0.29) is 22.1 Å². The number of nitrogens with one attached hydrogen (secondary N) is 1.